The van der Waals surface area contributed by atoms with Gasteiger partial charge in [-0.25, -0.2) is 0 Å². The minimum Gasteiger partial charge on any atom is -0.489 e. The predicted molar refractivity (Wildman–Crippen MR) is 53.5 cm³/mol. The smallest absolute Gasteiger partial charge is 0.252 e. The van der Waals surface area contributed by atoms with E-state index in [0.717, 1.165) is 5.56 Å². The molecule has 3 heteroatoms. The van der Waals surface area contributed by atoms with Crippen molar-refractivity contribution >= 4 is 5.91 Å². The van der Waals surface area contributed by atoms with E-state index in [1.54, 1.807) is 6.07 Å². The van der Waals surface area contributed by atoms with Crippen molar-refractivity contribution in [1.82, 2.24) is 0 Å². The van der Waals surface area contributed by atoms with E-state index < -0.39 is 5.91 Å². The molecule has 0 saturated carbocycles. The number of benzene rings is 1. The summed E-state index contributed by atoms with van der Waals surface area (Å²) in [4.78, 5) is 11.1. The lowest BCUT2D eigenvalue weighted by atomic mass is 9.97. The zero-order chi connectivity index (χ0) is 10.3. The number of fused-ring (bicyclic) bond motifs is 1. The molecule has 0 spiro atoms. The van der Waals surface area contributed by atoms with Gasteiger partial charge in [0.1, 0.15) is 11.9 Å². The number of ether oxygens (including phenoxy) is 1. The highest BCUT2D eigenvalue weighted by Crippen LogP contribution is 2.39. The minimum atomic E-state index is -0.428. The Hall–Kier alpha value is -1.51. The van der Waals surface area contributed by atoms with Crippen molar-refractivity contribution in [3.63, 3.8) is 0 Å². The Balaban J connectivity index is 2.56. The van der Waals surface area contributed by atoms with E-state index in [-0.39, 0.29) is 6.10 Å². The number of amides is 1. The lowest BCUT2D eigenvalue weighted by molar-refractivity contribution is 0.0995. The van der Waals surface area contributed by atoms with Crippen LogP contribution >= 0.6 is 0 Å². The first-order valence-electron chi connectivity index (χ1n) is 4.70. The Kier molecular flexibility index (Phi) is 1.95. The van der Waals surface area contributed by atoms with E-state index in [1.165, 1.54) is 0 Å². The molecule has 1 aromatic carbocycles. The molecule has 1 aliphatic heterocycles. The highest BCUT2D eigenvalue weighted by Gasteiger charge is 2.30. The van der Waals surface area contributed by atoms with Gasteiger partial charge in [0.15, 0.2) is 0 Å². The Morgan fingerprint density at radius 3 is 2.79 bits per heavy atom. The Bertz CT molecular complexity index is 387. The summed E-state index contributed by atoms with van der Waals surface area (Å²) >= 11 is 0. The van der Waals surface area contributed by atoms with E-state index in [9.17, 15) is 4.79 Å². The van der Waals surface area contributed by atoms with Gasteiger partial charge in [-0.05, 0) is 13.0 Å². The molecule has 74 valence electrons. The molecule has 3 nitrogen and oxygen atoms in total. The van der Waals surface area contributed by atoms with Crippen molar-refractivity contribution in [2.75, 3.05) is 0 Å². The Morgan fingerprint density at radius 1 is 1.43 bits per heavy atom. The number of para-hydroxylation sites is 1. The molecule has 2 N–H and O–H groups in total. The summed E-state index contributed by atoms with van der Waals surface area (Å²) in [6.07, 6.45) is 0.116. The predicted octanol–water partition coefficient (Wildman–Crippen LogP) is 1.67. The van der Waals surface area contributed by atoms with Crippen LogP contribution in [0.3, 0.4) is 0 Å². The quantitative estimate of drug-likeness (QED) is 0.734. The van der Waals surface area contributed by atoms with Crippen LogP contribution in [0, 0.1) is 0 Å². The van der Waals surface area contributed by atoms with Gasteiger partial charge >= 0.3 is 0 Å². The third kappa shape index (κ3) is 1.16. The van der Waals surface area contributed by atoms with E-state index in [1.807, 2.05) is 19.1 Å². The van der Waals surface area contributed by atoms with Gasteiger partial charge in [-0.15, -0.1) is 0 Å². The van der Waals surface area contributed by atoms with E-state index >= 15 is 0 Å². The number of primary amides is 1. The second kappa shape index (κ2) is 3.01. The standard InChI is InChI=1S/C11H13NO2/c1-6-7(2)14-10-8(6)4-3-5-9(10)11(12)13/h3-7H,1-2H3,(H2,12,13). The van der Waals surface area contributed by atoms with E-state index in [2.05, 4.69) is 6.92 Å². The van der Waals surface area contributed by atoms with Crippen LogP contribution < -0.4 is 10.5 Å². The second-order valence-electron chi connectivity index (χ2n) is 3.70. The first-order valence-corrected chi connectivity index (χ1v) is 4.70. The van der Waals surface area contributed by atoms with Crippen LogP contribution in [-0.4, -0.2) is 12.0 Å². The number of rotatable bonds is 1. The molecule has 0 saturated heterocycles. The third-order valence-corrected chi connectivity index (χ3v) is 2.81. The van der Waals surface area contributed by atoms with E-state index in [0.29, 0.717) is 17.2 Å². The van der Waals surface area contributed by atoms with Crippen molar-refractivity contribution in [3.05, 3.63) is 29.3 Å². The van der Waals surface area contributed by atoms with Crippen molar-refractivity contribution in [1.29, 1.82) is 0 Å². The molecule has 2 unspecified atom stereocenters. The number of hydrogen-bond donors (Lipinski definition) is 1. The minimum absolute atomic E-state index is 0.116. The molecule has 2 atom stereocenters. The average Bonchev–Trinajstić information content (AvgIpc) is 2.43. The van der Waals surface area contributed by atoms with Crippen molar-refractivity contribution in [3.8, 4) is 5.75 Å². The van der Waals surface area contributed by atoms with E-state index in [4.69, 9.17) is 10.5 Å². The molecular formula is C11H13NO2. The van der Waals surface area contributed by atoms with Gasteiger partial charge in [0, 0.05) is 11.5 Å². The second-order valence-corrected chi connectivity index (χ2v) is 3.70. The summed E-state index contributed by atoms with van der Waals surface area (Å²) in [5.74, 6) is 0.562. The molecule has 14 heavy (non-hydrogen) atoms. The molecule has 0 bridgehead atoms. The fourth-order valence-electron chi connectivity index (χ4n) is 1.78. The number of hydrogen-bond acceptors (Lipinski definition) is 2. The van der Waals surface area contributed by atoms with Gasteiger partial charge in [-0.1, -0.05) is 19.1 Å². The highest BCUT2D eigenvalue weighted by molar-refractivity contribution is 5.96. The molecule has 1 amide bonds. The Morgan fingerprint density at radius 2 is 2.14 bits per heavy atom. The SMILES string of the molecule is CC1Oc2c(C(N)=O)cccc2C1C. The number of carbonyl (C=O) groups excluding carboxylic acids is 1. The Labute approximate surface area is 82.9 Å². The maximum Gasteiger partial charge on any atom is 0.252 e. The molecule has 1 aromatic rings. The normalized spacial score (nSPS) is 24.1. The number of nitrogens with two attached hydrogens (primary N) is 1. The van der Waals surface area contributed by atoms with Crippen LogP contribution in [0.5, 0.6) is 5.75 Å². The van der Waals surface area contributed by atoms with Gasteiger partial charge in [0.05, 0.1) is 5.56 Å². The van der Waals surface area contributed by atoms with Crippen molar-refractivity contribution in [2.45, 2.75) is 25.9 Å². The van der Waals surface area contributed by atoms with Crippen LogP contribution in [0.15, 0.2) is 18.2 Å². The zero-order valence-corrected chi connectivity index (χ0v) is 8.28. The molecule has 1 heterocycles. The summed E-state index contributed by atoms with van der Waals surface area (Å²) in [5.41, 5.74) is 6.82. The molecular weight excluding hydrogens is 178 g/mol. The van der Waals surface area contributed by atoms with Gasteiger partial charge < -0.3 is 10.5 Å². The highest BCUT2D eigenvalue weighted by atomic mass is 16.5. The fourth-order valence-corrected chi connectivity index (χ4v) is 1.78. The first-order chi connectivity index (χ1) is 6.61. The van der Waals surface area contributed by atoms with Crippen LogP contribution in [-0.2, 0) is 0 Å². The van der Waals surface area contributed by atoms with Gasteiger partial charge in [-0.2, -0.15) is 0 Å². The molecule has 1 aliphatic rings. The average molecular weight is 191 g/mol. The fraction of sp³-hybridized carbons (Fsp3) is 0.364. The van der Waals surface area contributed by atoms with Gasteiger partial charge in [0.2, 0.25) is 0 Å². The zero-order valence-electron chi connectivity index (χ0n) is 8.28. The number of carbonyl (C=O) groups is 1. The molecule has 0 fully saturated rings. The largest absolute Gasteiger partial charge is 0.489 e. The van der Waals surface area contributed by atoms with Crippen LogP contribution in [0.4, 0.5) is 0 Å². The third-order valence-electron chi connectivity index (χ3n) is 2.81. The van der Waals surface area contributed by atoms with Gasteiger partial charge in [0.25, 0.3) is 5.91 Å². The molecule has 0 radical (unpaired) electrons. The molecule has 2 rings (SSSR count). The maximum atomic E-state index is 11.1. The lowest BCUT2D eigenvalue weighted by Crippen LogP contribution is -2.13. The van der Waals surface area contributed by atoms with Crippen LogP contribution in [0.25, 0.3) is 0 Å². The summed E-state index contributed by atoms with van der Waals surface area (Å²) in [5, 5.41) is 0. The molecule has 0 aliphatic carbocycles. The summed E-state index contributed by atoms with van der Waals surface area (Å²) in [6, 6.07) is 5.53. The topological polar surface area (TPSA) is 52.3 Å². The summed E-state index contributed by atoms with van der Waals surface area (Å²) in [6.45, 7) is 4.08. The van der Waals surface area contributed by atoms with Crippen LogP contribution in [0.1, 0.15) is 35.7 Å². The maximum absolute atomic E-state index is 11.1. The van der Waals surface area contributed by atoms with Gasteiger partial charge in [-0.3, -0.25) is 4.79 Å². The lowest BCUT2D eigenvalue weighted by Gasteiger charge is -2.07. The van der Waals surface area contributed by atoms with Crippen molar-refractivity contribution in [2.24, 2.45) is 5.73 Å². The first kappa shape index (κ1) is 9.06. The summed E-state index contributed by atoms with van der Waals surface area (Å²) < 4.78 is 5.61. The monoisotopic (exact) mass is 191 g/mol. The van der Waals surface area contributed by atoms with Crippen LogP contribution in [0.2, 0.25) is 0 Å². The van der Waals surface area contributed by atoms with Crippen molar-refractivity contribution < 1.29 is 9.53 Å². The molecule has 0 aromatic heterocycles. The summed E-state index contributed by atoms with van der Waals surface area (Å²) in [7, 11) is 0.